The molecule has 0 saturated carbocycles. The van der Waals surface area contributed by atoms with Crippen LogP contribution in [0.3, 0.4) is 0 Å². The number of aromatic carboxylic acids is 1. The van der Waals surface area contributed by atoms with Crippen LogP contribution in [0.25, 0.3) is 0 Å². The Morgan fingerprint density at radius 1 is 0.935 bits per heavy atom. The molecule has 0 saturated heterocycles. The summed E-state index contributed by atoms with van der Waals surface area (Å²) in [6, 6.07) is 13.1. The van der Waals surface area contributed by atoms with Crippen LogP contribution in [-0.4, -0.2) is 34.2 Å². The molecular formula is C23H20N2O6. The van der Waals surface area contributed by atoms with E-state index in [1.807, 2.05) is 12.1 Å². The highest BCUT2D eigenvalue weighted by molar-refractivity contribution is 6.03. The van der Waals surface area contributed by atoms with Crippen molar-refractivity contribution in [2.24, 2.45) is 0 Å². The third kappa shape index (κ3) is 3.95. The maximum Gasteiger partial charge on any atom is 0.337 e. The molecule has 3 aromatic carbocycles. The van der Waals surface area contributed by atoms with Crippen molar-refractivity contribution in [1.82, 2.24) is 5.32 Å². The second-order valence-corrected chi connectivity index (χ2v) is 7.16. The van der Waals surface area contributed by atoms with E-state index in [9.17, 15) is 24.9 Å². The third-order valence-electron chi connectivity index (χ3n) is 5.09. The lowest BCUT2D eigenvalue weighted by molar-refractivity contribution is 0.0697. The molecule has 0 unspecified atom stereocenters. The van der Waals surface area contributed by atoms with Crippen molar-refractivity contribution in [3.05, 3.63) is 70.8 Å². The summed E-state index contributed by atoms with van der Waals surface area (Å²) in [5.74, 6) is -1.13. The number of benzene rings is 3. The Balaban J connectivity index is 1.60. The van der Waals surface area contributed by atoms with E-state index in [0.29, 0.717) is 30.0 Å². The number of fused-ring (bicyclic) bond motifs is 2. The summed E-state index contributed by atoms with van der Waals surface area (Å²) >= 11 is 0. The lowest BCUT2D eigenvalue weighted by Gasteiger charge is -2.24. The first-order valence-electron chi connectivity index (χ1n) is 9.58. The largest absolute Gasteiger partial charge is 0.504 e. The number of carbonyl (C=O) groups excluding carboxylic acids is 1. The van der Waals surface area contributed by atoms with E-state index in [1.165, 1.54) is 31.3 Å². The number of nitrogens with one attached hydrogen (secondary N) is 2. The summed E-state index contributed by atoms with van der Waals surface area (Å²) in [6.45, 7) is 0. The van der Waals surface area contributed by atoms with E-state index in [4.69, 9.17) is 4.74 Å². The second kappa shape index (κ2) is 7.91. The molecule has 8 nitrogen and oxygen atoms in total. The Morgan fingerprint density at radius 2 is 1.65 bits per heavy atom. The Labute approximate surface area is 177 Å². The Morgan fingerprint density at radius 3 is 2.32 bits per heavy atom. The minimum Gasteiger partial charge on any atom is -0.504 e. The zero-order chi connectivity index (χ0) is 22.1. The van der Waals surface area contributed by atoms with Crippen molar-refractivity contribution >= 4 is 23.3 Å². The Bertz CT molecular complexity index is 1200. The summed E-state index contributed by atoms with van der Waals surface area (Å²) in [6.07, 6.45) is 1.30. The van der Waals surface area contributed by atoms with Gasteiger partial charge in [0.25, 0.3) is 5.91 Å². The van der Waals surface area contributed by atoms with Gasteiger partial charge in [0.05, 0.1) is 16.9 Å². The van der Waals surface area contributed by atoms with Crippen molar-refractivity contribution < 1.29 is 29.6 Å². The van der Waals surface area contributed by atoms with Gasteiger partial charge in [-0.1, -0.05) is 12.1 Å². The highest BCUT2D eigenvalue weighted by Crippen LogP contribution is 2.44. The smallest absolute Gasteiger partial charge is 0.337 e. The molecule has 158 valence electrons. The predicted octanol–water partition coefficient (Wildman–Crippen LogP) is 3.79. The molecule has 0 fully saturated rings. The number of amides is 1. The quantitative estimate of drug-likeness (QED) is 0.311. The van der Waals surface area contributed by atoms with Gasteiger partial charge in [-0.15, -0.1) is 0 Å². The van der Waals surface area contributed by atoms with E-state index >= 15 is 0 Å². The molecule has 0 spiro atoms. The fourth-order valence-electron chi connectivity index (χ4n) is 3.45. The number of phenols is 2. The summed E-state index contributed by atoms with van der Waals surface area (Å²) < 4.78 is 5.95. The molecule has 8 heteroatoms. The van der Waals surface area contributed by atoms with Crippen LogP contribution in [0.5, 0.6) is 23.0 Å². The number of anilines is 2. The standard InChI is InChI=1S/C23H20N2O6/c1-24-22(28)14-10-15(23(29)30)21-20(11-14)31-19-9-13(4-6-16(19)25-21)3-2-12-5-7-17(26)18(27)8-12/h4-11,25-27H,2-3H2,1H3,(H,24,28)(H,29,30). The highest BCUT2D eigenvalue weighted by Gasteiger charge is 2.25. The average molecular weight is 420 g/mol. The molecule has 1 heterocycles. The Kier molecular flexibility index (Phi) is 5.12. The molecule has 0 aromatic heterocycles. The van der Waals surface area contributed by atoms with Gasteiger partial charge >= 0.3 is 5.97 Å². The summed E-state index contributed by atoms with van der Waals surface area (Å²) in [7, 11) is 1.47. The summed E-state index contributed by atoms with van der Waals surface area (Å²) in [4.78, 5) is 23.7. The van der Waals surface area contributed by atoms with Crippen molar-refractivity contribution in [3.8, 4) is 23.0 Å². The van der Waals surface area contributed by atoms with Gasteiger partial charge in [0.15, 0.2) is 23.0 Å². The van der Waals surface area contributed by atoms with Gasteiger partial charge in [-0.05, 0) is 60.4 Å². The number of carbonyl (C=O) groups is 2. The first kappa shape index (κ1) is 20.1. The monoisotopic (exact) mass is 420 g/mol. The molecule has 0 atom stereocenters. The van der Waals surface area contributed by atoms with Crippen LogP contribution >= 0.6 is 0 Å². The molecule has 1 amide bonds. The number of aromatic hydroxyl groups is 2. The predicted molar refractivity (Wildman–Crippen MR) is 114 cm³/mol. The van der Waals surface area contributed by atoms with E-state index in [2.05, 4.69) is 10.6 Å². The average Bonchev–Trinajstić information content (AvgIpc) is 2.76. The SMILES string of the molecule is CNC(=O)c1cc2c(c(C(=O)O)c1)Nc1ccc(CCc3ccc(O)c(O)c3)cc1O2. The molecule has 1 aliphatic heterocycles. The van der Waals surface area contributed by atoms with Crippen molar-refractivity contribution in [1.29, 1.82) is 0 Å². The number of ether oxygens (including phenoxy) is 1. The number of aryl methyl sites for hydroxylation is 2. The topological polar surface area (TPSA) is 128 Å². The van der Waals surface area contributed by atoms with Gasteiger partial charge < -0.3 is 30.7 Å². The van der Waals surface area contributed by atoms with Gasteiger partial charge in [-0.25, -0.2) is 4.79 Å². The van der Waals surface area contributed by atoms with Crippen molar-refractivity contribution in [3.63, 3.8) is 0 Å². The number of carboxylic acids is 1. The van der Waals surface area contributed by atoms with E-state index in [-0.39, 0.29) is 28.4 Å². The highest BCUT2D eigenvalue weighted by atomic mass is 16.5. The zero-order valence-corrected chi connectivity index (χ0v) is 16.6. The van der Waals surface area contributed by atoms with E-state index in [1.54, 1.807) is 12.1 Å². The van der Waals surface area contributed by atoms with Gasteiger partial charge in [0.1, 0.15) is 0 Å². The maximum absolute atomic E-state index is 12.0. The molecule has 31 heavy (non-hydrogen) atoms. The van der Waals surface area contributed by atoms with Crippen molar-refractivity contribution in [2.75, 3.05) is 12.4 Å². The zero-order valence-electron chi connectivity index (χ0n) is 16.6. The van der Waals surface area contributed by atoms with Gasteiger partial charge in [0, 0.05) is 12.6 Å². The number of hydrogen-bond acceptors (Lipinski definition) is 6. The summed E-state index contributed by atoms with van der Waals surface area (Å²) in [5.41, 5.74) is 2.88. The third-order valence-corrected chi connectivity index (χ3v) is 5.09. The van der Waals surface area contributed by atoms with Gasteiger partial charge in [-0.3, -0.25) is 4.79 Å². The lowest BCUT2D eigenvalue weighted by atomic mass is 10.0. The summed E-state index contributed by atoms with van der Waals surface area (Å²) in [5, 5.41) is 34.2. The van der Waals surface area contributed by atoms with E-state index < -0.39 is 11.9 Å². The Hall–Kier alpha value is -4.20. The molecule has 1 aliphatic rings. The normalized spacial score (nSPS) is 11.5. The second-order valence-electron chi connectivity index (χ2n) is 7.16. The fraction of sp³-hybridized carbons (Fsp3) is 0.130. The van der Waals surface area contributed by atoms with E-state index in [0.717, 1.165) is 11.1 Å². The molecule has 0 radical (unpaired) electrons. The minimum absolute atomic E-state index is 0.0574. The van der Waals surface area contributed by atoms with Crippen LogP contribution in [0.1, 0.15) is 31.8 Å². The maximum atomic E-state index is 12.0. The van der Waals surface area contributed by atoms with Gasteiger partial charge in [-0.2, -0.15) is 0 Å². The lowest BCUT2D eigenvalue weighted by Crippen LogP contribution is -2.19. The number of phenolic OH excluding ortho intramolecular Hbond substituents is 2. The first-order valence-corrected chi connectivity index (χ1v) is 9.58. The number of rotatable bonds is 5. The van der Waals surface area contributed by atoms with Crippen molar-refractivity contribution in [2.45, 2.75) is 12.8 Å². The molecule has 4 rings (SSSR count). The van der Waals surface area contributed by atoms with Crippen LogP contribution in [0.4, 0.5) is 11.4 Å². The molecule has 0 bridgehead atoms. The van der Waals surface area contributed by atoms with Gasteiger partial charge in [0.2, 0.25) is 0 Å². The number of hydrogen-bond donors (Lipinski definition) is 5. The first-order chi connectivity index (χ1) is 14.9. The molecule has 0 aliphatic carbocycles. The minimum atomic E-state index is -1.17. The van der Waals surface area contributed by atoms with Crippen LogP contribution in [0, 0.1) is 0 Å². The number of carboxylic acid groups (broad SMARTS) is 1. The molecule has 5 N–H and O–H groups in total. The molecular weight excluding hydrogens is 400 g/mol. The fourth-order valence-corrected chi connectivity index (χ4v) is 3.45. The van der Waals surface area contributed by atoms with Crippen LogP contribution in [-0.2, 0) is 12.8 Å². The van der Waals surface area contributed by atoms with Crippen LogP contribution < -0.4 is 15.4 Å². The van der Waals surface area contributed by atoms with Crippen LogP contribution in [0.2, 0.25) is 0 Å². The molecule has 3 aromatic rings. The van der Waals surface area contributed by atoms with Crippen LogP contribution in [0.15, 0.2) is 48.5 Å².